The van der Waals surface area contributed by atoms with Gasteiger partial charge in [-0.15, -0.1) is 0 Å². The summed E-state index contributed by atoms with van der Waals surface area (Å²) in [7, 11) is 0. The fourth-order valence-electron chi connectivity index (χ4n) is 1.94. The Hall–Kier alpha value is -0.740. The molecular weight excluding hydrogens is 296 g/mol. The average Bonchev–Trinajstić information content (AvgIpc) is 2.81. The summed E-state index contributed by atoms with van der Waals surface area (Å²) < 4.78 is 16.7. The molecule has 3 nitrogen and oxygen atoms in total. The van der Waals surface area contributed by atoms with Crippen LogP contribution in [-0.2, 0) is 4.74 Å². The molecule has 100 valence electrons. The van der Waals surface area contributed by atoms with Gasteiger partial charge >= 0.3 is 0 Å². The number of hydrogen-bond donors (Lipinski definition) is 0. The first-order chi connectivity index (χ1) is 8.72. The molecule has 2 rings (SSSR count). The molecule has 0 unspecified atom stereocenters. The quantitative estimate of drug-likeness (QED) is 0.585. The van der Waals surface area contributed by atoms with E-state index in [1.807, 2.05) is 18.2 Å². The highest BCUT2D eigenvalue weighted by Gasteiger charge is 2.21. The molecule has 0 aliphatic carbocycles. The minimum atomic E-state index is 0.0473. The van der Waals surface area contributed by atoms with E-state index >= 15 is 0 Å². The maximum Gasteiger partial charge on any atom is 0.231 e. The number of benzene rings is 1. The van der Waals surface area contributed by atoms with Gasteiger partial charge in [-0.05, 0) is 31.0 Å². The van der Waals surface area contributed by atoms with Crippen molar-refractivity contribution in [2.24, 2.45) is 0 Å². The predicted molar refractivity (Wildman–Crippen MR) is 74.6 cm³/mol. The first-order valence-corrected chi connectivity index (χ1v) is 7.29. The molecule has 0 spiro atoms. The predicted octanol–water partition coefficient (Wildman–Crippen LogP) is 4.06. The van der Waals surface area contributed by atoms with Crippen LogP contribution >= 0.6 is 15.9 Å². The summed E-state index contributed by atoms with van der Waals surface area (Å²) in [4.78, 5) is 0.259. The first kappa shape index (κ1) is 13.7. The van der Waals surface area contributed by atoms with E-state index in [1.54, 1.807) is 0 Å². The van der Waals surface area contributed by atoms with E-state index in [2.05, 4.69) is 29.8 Å². The Bertz CT molecular complexity index is 393. The van der Waals surface area contributed by atoms with Crippen molar-refractivity contribution in [1.29, 1.82) is 0 Å². The van der Waals surface area contributed by atoms with Gasteiger partial charge in [0.2, 0.25) is 6.79 Å². The molecule has 0 saturated heterocycles. The second-order valence-corrected chi connectivity index (χ2v) is 5.88. The fourth-order valence-corrected chi connectivity index (χ4v) is 2.40. The number of fused-ring (bicyclic) bond motifs is 1. The van der Waals surface area contributed by atoms with Crippen LogP contribution in [0.2, 0.25) is 0 Å². The van der Waals surface area contributed by atoms with Crippen LogP contribution in [0, 0.1) is 0 Å². The number of hydrogen-bond acceptors (Lipinski definition) is 3. The Kier molecular flexibility index (Phi) is 4.89. The lowest BCUT2D eigenvalue weighted by atomic mass is 10.1. The topological polar surface area (TPSA) is 27.7 Å². The lowest BCUT2D eigenvalue weighted by Gasteiger charge is -2.21. The molecule has 1 aliphatic heterocycles. The zero-order valence-electron chi connectivity index (χ0n) is 10.8. The maximum atomic E-state index is 5.95. The molecule has 0 N–H and O–H groups in total. The van der Waals surface area contributed by atoms with Crippen LogP contribution in [0.25, 0.3) is 0 Å². The molecule has 0 amide bonds. The minimum Gasteiger partial charge on any atom is -0.454 e. The van der Waals surface area contributed by atoms with Crippen LogP contribution in [0.4, 0.5) is 0 Å². The summed E-state index contributed by atoms with van der Waals surface area (Å²) in [6.07, 6.45) is 2.27. The number of unbranched alkanes of at least 4 members (excludes halogenated alkanes) is 1. The molecule has 0 saturated carbocycles. The number of rotatable bonds is 6. The molecule has 0 radical (unpaired) electrons. The smallest absolute Gasteiger partial charge is 0.231 e. The van der Waals surface area contributed by atoms with E-state index in [4.69, 9.17) is 14.2 Å². The van der Waals surface area contributed by atoms with Gasteiger partial charge in [-0.25, -0.2) is 0 Å². The molecule has 1 aromatic carbocycles. The third-order valence-electron chi connectivity index (χ3n) is 2.94. The van der Waals surface area contributed by atoms with Crippen molar-refractivity contribution in [3.05, 3.63) is 23.8 Å². The molecular formula is C14H19BrO3. The highest BCUT2D eigenvalue weighted by Crippen LogP contribution is 2.36. The van der Waals surface area contributed by atoms with Gasteiger partial charge in [0.15, 0.2) is 11.5 Å². The van der Waals surface area contributed by atoms with E-state index in [-0.39, 0.29) is 10.9 Å². The van der Waals surface area contributed by atoms with Crippen molar-refractivity contribution in [2.75, 3.05) is 13.4 Å². The molecule has 4 heteroatoms. The Morgan fingerprint density at radius 1 is 1.33 bits per heavy atom. The molecule has 0 aromatic heterocycles. The van der Waals surface area contributed by atoms with Crippen LogP contribution in [-0.4, -0.2) is 18.2 Å². The second-order valence-electron chi connectivity index (χ2n) is 4.44. The molecule has 1 aliphatic rings. The normalized spacial score (nSPS) is 16.6. The standard InChI is InChI=1S/C14H19BrO3/c1-3-4-7-16-14(10(2)15)11-5-6-12-13(8-11)18-9-17-12/h5-6,8,10,14H,3-4,7,9H2,1-2H3/t10-,14-/m0/s1. The van der Waals surface area contributed by atoms with E-state index in [0.29, 0.717) is 6.79 Å². The zero-order chi connectivity index (χ0) is 13.0. The zero-order valence-corrected chi connectivity index (χ0v) is 12.4. The van der Waals surface area contributed by atoms with Gasteiger partial charge in [0.25, 0.3) is 0 Å². The van der Waals surface area contributed by atoms with Gasteiger partial charge in [-0.3, -0.25) is 0 Å². The van der Waals surface area contributed by atoms with E-state index in [9.17, 15) is 0 Å². The summed E-state index contributed by atoms with van der Waals surface area (Å²) in [5.41, 5.74) is 1.12. The van der Waals surface area contributed by atoms with Crippen molar-refractivity contribution in [3.63, 3.8) is 0 Å². The lowest BCUT2D eigenvalue weighted by molar-refractivity contribution is 0.0530. The number of alkyl halides is 1. The Labute approximate surface area is 117 Å². The van der Waals surface area contributed by atoms with Gasteiger partial charge in [0.05, 0.1) is 6.10 Å². The Morgan fingerprint density at radius 2 is 2.11 bits per heavy atom. The largest absolute Gasteiger partial charge is 0.454 e. The van der Waals surface area contributed by atoms with E-state index in [1.165, 1.54) is 0 Å². The third kappa shape index (κ3) is 3.18. The number of ether oxygens (including phenoxy) is 3. The number of halogens is 1. The van der Waals surface area contributed by atoms with Gasteiger partial charge in [-0.1, -0.05) is 35.3 Å². The van der Waals surface area contributed by atoms with Crippen LogP contribution < -0.4 is 9.47 Å². The first-order valence-electron chi connectivity index (χ1n) is 6.37. The van der Waals surface area contributed by atoms with Crippen molar-refractivity contribution < 1.29 is 14.2 Å². The summed E-state index contributed by atoms with van der Waals surface area (Å²) in [5, 5.41) is 0. The summed E-state index contributed by atoms with van der Waals surface area (Å²) >= 11 is 3.61. The second kappa shape index (κ2) is 6.43. The minimum absolute atomic E-state index is 0.0473. The lowest BCUT2D eigenvalue weighted by Crippen LogP contribution is -2.14. The third-order valence-corrected chi connectivity index (χ3v) is 3.42. The molecule has 0 bridgehead atoms. The average molecular weight is 315 g/mol. The van der Waals surface area contributed by atoms with Gasteiger partial charge in [-0.2, -0.15) is 0 Å². The van der Waals surface area contributed by atoms with Crippen LogP contribution in [0.15, 0.2) is 18.2 Å². The SMILES string of the molecule is CCCCO[C@H](c1ccc2c(c1)OCO2)[C@H](C)Br. The van der Waals surface area contributed by atoms with Gasteiger partial charge in [0.1, 0.15) is 0 Å². The Balaban J connectivity index is 2.10. The van der Waals surface area contributed by atoms with Gasteiger partial charge in [0, 0.05) is 11.4 Å². The van der Waals surface area contributed by atoms with E-state index < -0.39 is 0 Å². The van der Waals surface area contributed by atoms with E-state index in [0.717, 1.165) is 36.5 Å². The highest BCUT2D eigenvalue weighted by molar-refractivity contribution is 9.09. The van der Waals surface area contributed by atoms with Crippen LogP contribution in [0.1, 0.15) is 38.4 Å². The van der Waals surface area contributed by atoms with Crippen LogP contribution in [0.3, 0.4) is 0 Å². The molecule has 1 heterocycles. The molecule has 2 atom stereocenters. The van der Waals surface area contributed by atoms with Crippen molar-refractivity contribution in [3.8, 4) is 11.5 Å². The monoisotopic (exact) mass is 314 g/mol. The van der Waals surface area contributed by atoms with Crippen LogP contribution in [0.5, 0.6) is 11.5 Å². The van der Waals surface area contributed by atoms with Gasteiger partial charge < -0.3 is 14.2 Å². The summed E-state index contributed by atoms with van der Waals surface area (Å²) in [6.45, 7) is 5.35. The van der Waals surface area contributed by atoms with Crippen molar-refractivity contribution in [2.45, 2.75) is 37.6 Å². The molecule has 1 aromatic rings. The maximum absolute atomic E-state index is 5.95. The molecule has 0 fully saturated rings. The molecule has 18 heavy (non-hydrogen) atoms. The summed E-state index contributed by atoms with van der Waals surface area (Å²) in [5.74, 6) is 1.62. The van der Waals surface area contributed by atoms with Crippen molar-refractivity contribution in [1.82, 2.24) is 0 Å². The van der Waals surface area contributed by atoms with Crippen molar-refractivity contribution >= 4 is 15.9 Å². The fraction of sp³-hybridized carbons (Fsp3) is 0.571. The highest BCUT2D eigenvalue weighted by atomic mass is 79.9. The summed E-state index contributed by atoms with van der Waals surface area (Å²) in [6, 6.07) is 6.00. The Morgan fingerprint density at radius 3 is 2.83 bits per heavy atom.